The maximum Gasteiger partial charge on any atom is 0.336 e. The summed E-state index contributed by atoms with van der Waals surface area (Å²) in [5.41, 5.74) is 0.991. The SMILES string of the molecule is O=C(O)c1cc(C2CC2)nc2c(F)cccc12. The molecule has 0 radical (unpaired) electrons. The summed E-state index contributed by atoms with van der Waals surface area (Å²) in [6, 6.07) is 5.97. The van der Waals surface area contributed by atoms with E-state index in [4.69, 9.17) is 5.11 Å². The molecular weight excluding hydrogens is 221 g/mol. The molecule has 0 spiro atoms. The average molecular weight is 231 g/mol. The summed E-state index contributed by atoms with van der Waals surface area (Å²) in [6.07, 6.45) is 2.01. The Labute approximate surface area is 96.9 Å². The highest BCUT2D eigenvalue weighted by molar-refractivity contribution is 6.02. The molecule has 1 N–H and O–H groups in total. The maximum absolute atomic E-state index is 13.6. The van der Waals surface area contributed by atoms with Crippen LogP contribution in [0.1, 0.15) is 34.8 Å². The number of carboxylic acids is 1. The Kier molecular flexibility index (Phi) is 2.11. The van der Waals surface area contributed by atoms with Crippen LogP contribution in [0.15, 0.2) is 24.3 Å². The van der Waals surface area contributed by atoms with Gasteiger partial charge in [0.2, 0.25) is 0 Å². The topological polar surface area (TPSA) is 50.2 Å². The van der Waals surface area contributed by atoms with Gasteiger partial charge in [0, 0.05) is 17.0 Å². The fraction of sp³-hybridized carbons (Fsp3) is 0.231. The molecule has 0 amide bonds. The van der Waals surface area contributed by atoms with Crippen molar-refractivity contribution in [3.05, 3.63) is 41.3 Å². The van der Waals surface area contributed by atoms with E-state index < -0.39 is 11.8 Å². The fourth-order valence-corrected chi connectivity index (χ4v) is 2.00. The van der Waals surface area contributed by atoms with Crippen LogP contribution in [0.5, 0.6) is 0 Å². The van der Waals surface area contributed by atoms with Gasteiger partial charge in [0.1, 0.15) is 11.3 Å². The van der Waals surface area contributed by atoms with Crippen molar-refractivity contribution in [2.45, 2.75) is 18.8 Å². The van der Waals surface area contributed by atoms with Gasteiger partial charge in [-0.3, -0.25) is 0 Å². The first-order valence-electron chi connectivity index (χ1n) is 5.49. The van der Waals surface area contributed by atoms with Crippen molar-refractivity contribution in [3.8, 4) is 0 Å². The standard InChI is InChI=1S/C13H10FNO2/c14-10-3-1-2-8-9(13(16)17)6-11(7-4-5-7)15-12(8)10/h1-3,6-7H,4-5H2,(H,16,17). The van der Waals surface area contributed by atoms with E-state index in [0.717, 1.165) is 12.8 Å². The number of fused-ring (bicyclic) bond motifs is 1. The number of aromatic carboxylic acids is 1. The molecule has 1 aliphatic carbocycles. The highest BCUT2D eigenvalue weighted by Crippen LogP contribution is 2.40. The van der Waals surface area contributed by atoms with Crippen LogP contribution in [0.2, 0.25) is 0 Å². The monoisotopic (exact) mass is 231 g/mol. The van der Waals surface area contributed by atoms with E-state index in [1.54, 1.807) is 12.1 Å². The number of nitrogens with zero attached hydrogens (tertiary/aromatic N) is 1. The van der Waals surface area contributed by atoms with E-state index in [0.29, 0.717) is 17.0 Å². The lowest BCUT2D eigenvalue weighted by molar-refractivity contribution is 0.0699. The number of hydrogen-bond donors (Lipinski definition) is 1. The predicted molar refractivity (Wildman–Crippen MR) is 60.6 cm³/mol. The molecule has 86 valence electrons. The normalized spacial score (nSPS) is 15.1. The first-order valence-corrected chi connectivity index (χ1v) is 5.49. The zero-order valence-corrected chi connectivity index (χ0v) is 8.98. The third kappa shape index (κ3) is 1.65. The van der Waals surface area contributed by atoms with Gasteiger partial charge < -0.3 is 5.11 Å². The number of carbonyl (C=O) groups is 1. The zero-order chi connectivity index (χ0) is 12.0. The van der Waals surface area contributed by atoms with E-state index in [2.05, 4.69) is 4.98 Å². The molecule has 0 atom stereocenters. The van der Waals surface area contributed by atoms with E-state index in [1.165, 1.54) is 12.1 Å². The largest absolute Gasteiger partial charge is 0.478 e. The molecule has 1 aromatic heterocycles. The average Bonchev–Trinajstić information content (AvgIpc) is 3.12. The highest BCUT2D eigenvalue weighted by Gasteiger charge is 2.27. The Hall–Kier alpha value is -1.97. The highest BCUT2D eigenvalue weighted by atomic mass is 19.1. The minimum Gasteiger partial charge on any atom is -0.478 e. The smallest absolute Gasteiger partial charge is 0.336 e. The molecular formula is C13H10FNO2. The van der Waals surface area contributed by atoms with Crippen molar-refractivity contribution < 1.29 is 14.3 Å². The number of pyridine rings is 1. The summed E-state index contributed by atoms with van der Waals surface area (Å²) in [7, 11) is 0. The number of carboxylic acid groups (broad SMARTS) is 1. The molecule has 3 nitrogen and oxygen atoms in total. The van der Waals surface area contributed by atoms with Gasteiger partial charge in [0.25, 0.3) is 0 Å². The molecule has 1 heterocycles. The summed E-state index contributed by atoms with van der Waals surface area (Å²) in [6.45, 7) is 0. The summed E-state index contributed by atoms with van der Waals surface area (Å²) in [5.74, 6) is -1.20. The van der Waals surface area contributed by atoms with Gasteiger partial charge in [-0.15, -0.1) is 0 Å². The fourth-order valence-electron chi connectivity index (χ4n) is 2.00. The Bertz CT molecular complexity index is 620. The minimum atomic E-state index is -1.04. The van der Waals surface area contributed by atoms with Crippen molar-refractivity contribution in [1.29, 1.82) is 0 Å². The van der Waals surface area contributed by atoms with Gasteiger partial charge in [-0.2, -0.15) is 0 Å². The molecule has 17 heavy (non-hydrogen) atoms. The van der Waals surface area contributed by atoms with E-state index in [1.807, 2.05) is 0 Å². The van der Waals surface area contributed by atoms with Gasteiger partial charge in [-0.05, 0) is 25.0 Å². The van der Waals surface area contributed by atoms with Crippen molar-refractivity contribution in [2.75, 3.05) is 0 Å². The lowest BCUT2D eigenvalue weighted by Crippen LogP contribution is -2.02. The van der Waals surface area contributed by atoms with Crippen molar-refractivity contribution in [3.63, 3.8) is 0 Å². The summed E-state index contributed by atoms with van der Waals surface area (Å²) < 4.78 is 13.6. The molecule has 0 aliphatic heterocycles. The van der Waals surface area contributed by atoms with Crippen LogP contribution in [-0.2, 0) is 0 Å². The first kappa shape index (κ1) is 10.2. The second-order valence-electron chi connectivity index (χ2n) is 4.31. The van der Waals surface area contributed by atoms with E-state index >= 15 is 0 Å². The van der Waals surface area contributed by atoms with Crippen LogP contribution in [0.25, 0.3) is 10.9 Å². The van der Waals surface area contributed by atoms with Crippen molar-refractivity contribution in [1.82, 2.24) is 4.98 Å². The molecule has 0 unspecified atom stereocenters. The second kappa shape index (κ2) is 3.52. The van der Waals surface area contributed by atoms with Gasteiger partial charge in [0.15, 0.2) is 0 Å². The zero-order valence-electron chi connectivity index (χ0n) is 8.98. The van der Waals surface area contributed by atoms with Gasteiger partial charge in [-0.25, -0.2) is 14.2 Å². The predicted octanol–water partition coefficient (Wildman–Crippen LogP) is 2.95. The number of aromatic nitrogens is 1. The summed E-state index contributed by atoms with van der Waals surface area (Å²) in [4.78, 5) is 15.4. The van der Waals surface area contributed by atoms with Crippen LogP contribution in [0, 0.1) is 5.82 Å². The van der Waals surface area contributed by atoms with Crippen molar-refractivity contribution >= 4 is 16.9 Å². The molecule has 1 aromatic carbocycles. The van der Waals surface area contributed by atoms with E-state index in [-0.39, 0.29) is 11.1 Å². The Morgan fingerprint density at radius 2 is 2.18 bits per heavy atom. The van der Waals surface area contributed by atoms with Crippen LogP contribution < -0.4 is 0 Å². The summed E-state index contributed by atoms with van der Waals surface area (Å²) in [5, 5.41) is 9.51. The molecule has 2 aromatic rings. The Morgan fingerprint density at radius 3 is 2.82 bits per heavy atom. The number of rotatable bonds is 2. The van der Waals surface area contributed by atoms with Crippen LogP contribution in [-0.4, -0.2) is 16.1 Å². The number of benzene rings is 1. The molecule has 4 heteroatoms. The molecule has 3 rings (SSSR count). The van der Waals surface area contributed by atoms with Gasteiger partial charge >= 0.3 is 5.97 Å². The maximum atomic E-state index is 13.6. The molecule has 0 saturated heterocycles. The van der Waals surface area contributed by atoms with Crippen LogP contribution in [0.4, 0.5) is 4.39 Å². The van der Waals surface area contributed by atoms with Gasteiger partial charge in [-0.1, -0.05) is 12.1 Å². The first-order chi connectivity index (χ1) is 8.16. The molecule has 1 saturated carbocycles. The number of hydrogen-bond acceptors (Lipinski definition) is 2. The Balaban J connectivity index is 2.35. The molecule has 0 bridgehead atoms. The van der Waals surface area contributed by atoms with Crippen LogP contribution in [0.3, 0.4) is 0 Å². The summed E-state index contributed by atoms with van der Waals surface area (Å²) >= 11 is 0. The van der Waals surface area contributed by atoms with E-state index in [9.17, 15) is 9.18 Å². The molecule has 1 fully saturated rings. The quantitative estimate of drug-likeness (QED) is 0.864. The third-order valence-corrected chi connectivity index (χ3v) is 3.04. The second-order valence-corrected chi connectivity index (χ2v) is 4.31. The number of para-hydroxylation sites is 1. The lowest BCUT2D eigenvalue weighted by atomic mass is 10.1. The minimum absolute atomic E-state index is 0.136. The van der Waals surface area contributed by atoms with Crippen LogP contribution >= 0.6 is 0 Å². The Morgan fingerprint density at radius 1 is 1.41 bits per heavy atom. The lowest BCUT2D eigenvalue weighted by Gasteiger charge is -2.06. The van der Waals surface area contributed by atoms with Gasteiger partial charge in [0.05, 0.1) is 5.56 Å². The molecule has 1 aliphatic rings. The number of halogens is 1. The van der Waals surface area contributed by atoms with Crippen molar-refractivity contribution in [2.24, 2.45) is 0 Å². The third-order valence-electron chi connectivity index (χ3n) is 3.04.